The summed E-state index contributed by atoms with van der Waals surface area (Å²) in [6, 6.07) is 5.24. The topological polar surface area (TPSA) is 43.4 Å². The van der Waals surface area contributed by atoms with Gasteiger partial charge >= 0.3 is 5.97 Å². The Morgan fingerprint density at radius 1 is 1.50 bits per heavy atom. The molecular formula is C12H14O3S. The van der Waals surface area contributed by atoms with Gasteiger partial charge in [-0.05, 0) is 31.0 Å². The molecule has 0 heterocycles. The molecule has 0 saturated heterocycles. The molecule has 0 fully saturated rings. The Morgan fingerprint density at radius 3 is 2.88 bits per heavy atom. The highest BCUT2D eigenvalue weighted by Crippen LogP contribution is 2.20. The monoisotopic (exact) mass is 238 g/mol. The number of carbonyl (C=O) groups is 2. The van der Waals surface area contributed by atoms with E-state index in [0.717, 1.165) is 11.8 Å². The molecule has 1 aromatic carbocycles. The van der Waals surface area contributed by atoms with Crippen LogP contribution in [0.1, 0.15) is 29.3 Å². The first-order valence-electron chi connectivity index (χ1n) is 5.12. The van der Waals surface area contributed by atoms with Crippen molar-refractivity contribution in [3.05, 3.63) is 29.3 Å². The van der Waals surface area contributed by atoms with Crippen LogP contribution in [0.5, 0.6) is 0 Å². The molecule has 0 aromatic heterocycles. The van der Waals surface area contributed by atoms with Crippen molar-refractivity contribution in [3.63, 3.8) is 0 Å². The molecule has 1 rings (SSSR count). The van der Waals surface area contributed by atoms with E-state index in [1.165, 1.54) is 0 Å². The quantitative estimate of drug-likeness (QED) is 0.486. The molecule has 16 heavy (non-hydrogen) atoms. The third-order valence-electron chi connectivity index (χ3n) is 2.16. The van der Waals surface area contributed by atoms with E-state index in [-0.39, 0.29) is 5.97 Å². The van der Waals surface area contributed by atoms with Crippen LogP contribution in [0.4, 0.5) is 0 Å². The fraction of sp³-hybridized carbons (Fsp3) is 0.333. The molecule has 0 spiro atoms. The zero-order chi connectivity index (χ0) is 12.0. The van der Waals surface area contributed by atoms with Crippen molar-refractivity contribution >= 4 is 24.9 Å². The minimum atomic E-state index is -0.362. The Hall–Kier alpha value is -1.29. The van der Waals surface area contributed by atoms with Crippen LogP contribution in [0.15, 0.2) is 23.1 Å². The van der Waals surface area contributed by atoms with Crippen molar-refractivity contribution < 1.29 is 14.3 Å². The molecule has 4 heteroatoms. The summed E-state index contributed by atoms with van der Waals surface area (Å²) in [7, 11) is 0. The van der Waals surface area contributed by atoms with Crippen LogP contribution in [0, 0.1) is 0 Å². The van der Waals surface area contributed by atoms with Gasteiger partial charge in [-0.1, -0.05) is 6.07 Å². The van der Waals surface area contributed by atoms with Crippen molar-refractivity contribution in [2.45, 2.75) is 24.7 Å². The molecule has 0 N–H and O–H groups in total. The molecule has 0 bridgehead atoms. The number of thiol groups is 1. The van der Waals surface area contributed by atoms with Crippen LogP contribution in [0.2, 0.25) is 0 Å². The van der Waals surface area contributed by atoms with Gasteiger partial charge in [-0.3, -0.25) is 0 Å². The van der Waals surface area contributed by atoms with Gasteiger partial charge in [0.25, 0.3) is 0 Å². The summed E-state index contributed by atoms with van der Waals surface area (Å²) >= 11 is 4.28. The van der Waals surface area contributed by atoms with Gasteiger partial charge in [0, 0.05) is 11.3 Å². The number of carbonyl (C=O) groups excluding carboxylic acids is 2. The van der Waals surface area contributed by atoms with Gasteiger partial charge in [0.2, 0.25) is 0 Å². The fourth-order valence-corrected chi connectivity index (χ4v) is 1.76. The second-order valence-corrected chi connectivity index (χ2v) is 3.71. The molecule has 0 amide bonds. The molecule has 0 aliphatic heterocycles. The van der Waals surface area contributed by atoms with E-state index in [0.29, 0.717) is 29.9 Å². The maximum Gasteiger partial charge on any atom is 0.338 e. The molecule has 0 radical (unpaired) electrons. The predicted octanol–water partition coefficient (Wildman–Crippen LogP) is 2.28. The summed E-state index contributed by atoms with van der Waals surface area (Å²) in [5, 5.41) is 0. The van der Waals surface area contributed by atoms with Crippen molar-refractivity contribution in [1.82, 2.24) is 0 Å². The van der Waals surface area contributed by atoms with Gasteiger partial charge in [0.15, 0.2) is 0 Å². The van der Waals surface area contributed by atoms with E-state index >= 15 is 0 Å². The summed E-state index contributed by atoms with van der Waals surface area (Å²) in [6.07, 6.45) is 1.72. The minimum Gasteiger partial charge on any atom is -0.462 e. The molecule has 0 unspecified atom stereocenters. The smallest absolute Gasteiger partial charge is 0.338 e. The first-order chi connectivity index (χ1) is 7.70. The maximum atomic E-state index is 11.6. The van der Waals surface area contributed by atoms with E-state index in [4.69, 9.17) is 4.74 Å². The second kappa shape index (κ2) is 6.33. The van der Waals surface area contributed by atoms with Crippen LogP contribution in [-0.4, -0.2) is 18.9 Å². The third-order valence-corrected chi connectivity index (χ3v) is 2.58. The van der Waals surface area contributed by atoms with Gasteiger partial charge in [0.05, 0.1) is 12.2 Å². The molecule has 3 nitrogen and oxygen atoms in total. The summed E-state index contributed by atoms with van der Waals surface area (Å²) in [6.45, 7) is 2.09. The highest BCUT2D eigenvalue weighted by molar-refractivity contribution is 7.80. The zero-order valence-corrected chi connectivity index (χ0v) is 10.00. The van der Waals surface area contributed by atoms with Crippen molar-refractivity contribution in [1.29, 1.82) is 0 Å². The van der Waals surface area contributed by atoms with E-state index in [9.17, 15) is 9.59 Å². The summed E-state index contributed by atoms with van der Waals surface area (Å²) in [5.74, 6) is -0.362. The molecule has 0 aliphatic carbocycles. The first kappa shape index (κ1) is 12.8. The largest absolute Gasteiger partial charge is 0.462 e. The lowest BCUT2D eigenvalue weighted by Crippen LogP contribution is -2.09. The lowest BCUT2D eigenvalue weighted by molar-refractivity contribution is -0.107. The number of ether oxygens (including phenoxy) is 1. The van der Waals surface area contributed by atoms with Crippen LogP contribution in [0.25, 0.3) is 0 Å². The summed E-state index contributed by atoms with van der Waals surface area (Å²) in [4.78, 5) is 22.7. The SMILES string of the molecule is CCOC(=O)c1cccc(S)c1CCC=O. The number of esters is 1. The Kier molecular flexibility index (Phi) is 5.05. The van der Waals surface area contributed by atoms with E-state index in [2.05, 4.69) is 12.6 Å². The maximum absolute atomic E-state index is 11.6. The highest BCUT2D eigenvalue weighted by atomic mass is 32.1. The van der Waals surface area contributed by atoms with E-state index in [1.807, 2.05) is 0 Å². The first-order valence-corrected chi connectivity index (χ1v) is 5.57. The number of hydrogen-bond donors (Lipinski definition) is 1. The average molecular weight is 238 g/mol. The van der Waals surface area contributed by atoms with E-state index < -0.39 is 0 Å². The number of rotatable bonds is 5. The van der Waals surface area contributed by atoms with E-state index in [1.54, 1.807) is 25.1 Å². The summed E-state index contributed by atoms with van der Waals surface area (Å²) < 4.78 is 4.94. The van der Waals surface area contributed by atoms with Gasteiger partial charge in [-0.2, -0.15) is 0 Å². The van der Waals surface area contributed by atoms with Crippen molar-refractivity contribution in [2.75, 3.05) is 6.61 Å². The number of hydrogen-bond acceptors (Lipinski definition) is 4. The highest BCUT2D eigenvalue weighted by Gasteiger charge is 2.13. The van der Waals surface area contributed by atoms with Gasteiger partial charge < -0.3 is 9.53 Å². The standard InChI is InChI=1S/C12H14O3S/c1-2-15-12(14)10-5-3-7-11(16)9(10)6-4-8-13/h3,5,7-8,16H,2,4,6H2,1H3. The fourth-order valence-electron chi connectivity index (χ4n) is 1.44. The Morgan fingerprint density at radius 2 is 2.25 bits per heavy atom. The van der Waals surface area contributed by atoms with Crippen LogP contribution in [-0.2, 0) is 16.0 Å². The predicted molar refractivity (Wildman–Crippen MR) is 64.0 cm³/mol. The van der Waals surface area contributed by atoms with Crippen molar-refractivity contribution in [3.8, 4) is 0 Å². The Labute approximate surface area is 100 Å². The van der Waals surface area contributed by atoms with Crippen LogP contribution in [0.3, 0.4) is 0 Å². The molecule has 0 aliphatic rings. The number of aldehydes is 1. The Bertz CT molecular complexity index is 388. The van der Waals surface area contributed by atoms with Gasteiger partial charge in [-0.25, -0.2) is 4.79 Å². The third kappa shape index (κ3) is 3.10. The minimum absolute atomic E-state index is 0.336. The van der Waals surface area contributed by atoms with Crippen LogP contribution < -0.4 is 0 Å². The average Bonchev–Trinajstić information content (AvgIpc) is 2.27. The molecule has 1 aromatic rings. The lowest BCUT2D eigenvalue weighted by atomic mass is 10.0. The lowest BCUT2D eigenvalue weighted by Gasteiger charge is -2.09. The molecule has 0 saturated carbocycles. The normalized spacial score (nSPS) is 9.88. The van der Waals surface area contributed by atoms with Gasteiger partial charge in [-0.15, -0.1) is 12.6 Å². The van der Waals surface area contributed by atoms with Gasteiger partial charge in [0.1, 0.15) is 6.29 Å². The van der Waals surface area contributed by atoms with Crippen molar-refractivity contribution in [2.24, 2.45) is 0 Å². The summed E-state index contributed by atoms with van der Waals surface area (Å²) in [5.41, 5.74) is 1.27. The number of benzene rings is 1. The zero-order valence-electron chi connectivity index (χ0n) is 9.10. The molecule has 86 valence electrons. The molecule has 0 atom stereocenters. The second-order valence-electron chi connectivity index (χ2n) is 3.23. The Balaban J connectivity index is 3.01. The van der Waals surface area contributed by atoms with Crippen LogP contribution >= 0.6 is 12.6 Å². The molecular weight excluding hydrogens is 224 g/mol.